The minimum absolute atomic E-state index is 0.155. The number of benzene rings is 1. The predicted octanol–water partition coefficient (Wildman–Crippen LogP) is 2.65. The molecule has 8 heteroatoms. The summed E-state index contributed by atoms with van der Waals surface area (Å²) in [6.07, 6.45) is 4.22. The Bertz CT molecular complexity index is 911. The van der Waals surface area contributed by atoms with Crippen molar-refractivity contribution in [3.05, 3.63) is 78.1 Å². The Morgan fingerprint density at radius 3 is 2.74 bits per heavy atom. The summed E-state index contributed by atoms with van der Waals surface area (Å²) in [5.74, 6) is -0.474. The molecular formula is C19H16FN3O4. The number of rotatable bonds is 7. The molecule has 3 aromatic rings. The van der Waals surface area contributed by atoms with Crippen LogP contribution in [-0.2, 0) is 11.3 Å². The van der Waals surface area contributed by atoms with Gasteiger partial charge in [0.2, 0.25) is 11.8 Å². The molecule has 0 aliphatic carbocycles. The number of nitrogens with one attached hydrogen (secondary N) is 2. The molecule has 0 aliphatic heterocycles. The molecule has 0 fully saturated rings. The van der Waals surface area contributed by atoms with E-state index in [1.165, 1.54) is 30.7 Å². The van der Waals surface area contributed by atoms with Gasteiger partial charge in [0, 0.05) is 24.9 Å². The normalized spacial score (nSPS) is 10.3. The molecule has 7 nitrogen and oxygen atoms in total. The van der Waals surface area contributed by atoms with Crippen molar-refractivity contribution in [1.29, 1.82) is 0 Å². The van der Waals surface area contributed by atoms with E-state index < -0.39 is 5.82 Å². The first-order valence-corrected chi connectivity index (χ1v) is 8.05. The van der Waals surface area contributed by atoms with Crippen molar-refractivity contribution < 1.29 is 23.1 Å². The standard InChI is InChI=1S/C19H16FN3O4/c20-15-2-1-3-16(8-15)27-18-5-4-13(10-22-18)9-21-17(24)11-23-19(25)14-6-7-26-12-14/h1-8,10,12H,9,11H2,(H,21,24)(H,23,25). The largest absolute Gasteiger partial charge is 0.472 e. The lowest BCUT2D eigenvalue weighted by atomic mass is 10.3. The summed E-state index contributed by atoms with van der Waals surface area (Å²) in [6, 6.07) is 10.6. The fourth-order valence-corrected chi connectivity index (χ4v) is 2.15. The molecule has 0 saturated heterocycles. The first-order chi connectivity index (χ1) is 13.1. The topological polar surface area (TPSA) is 93.5 Å². The molecule has 0 spiro atoms. The van der Waals surface area contributed by atoms with Crippen LogP contribution >= 0.6 is 0 Å². The maximum atomic E-state index is 13.1. The number of pyridine rings is 1. The molecule has 3 rings (SSSR count). The third-order valence-corrected chi connectivity index (χ3v) is 3.50. The number of ether oxygens (including phenoxy) is 1. The van der Waals surface area contributed by atoms with Crippen LogP contribution in [0.25, 0.3) is 0 Å². The van der Waals surface area contributed by atoms with Crippen LogP contribution in [0, 0.1) is 5.82 Å². The van der Waals surface area contributed by atoms with E-state index in [0.29, 0.717) is 17.2 Å². The summed E-state index contributed by atoms with van der Waals surface area (Å²) < 4.78 is 23.4. The van der Waals surface area contributed by atoms with E-state index >= 15 is 0 Å². The average Bonchev–Trinajstić information content (AvgIpc) is 3.20. The average molecular weight is 369 g/mol. The molecule has 138 valence electrons. The van der Waals surface area contributed by atoms with Crippen molar-refractivity contribution in [1.82, 2.24) is 15.6 Å². The van der Waals surface area contributed by atoms with E-state index in [2.05, 4.69) is 15.6 Å². The zero-order chi connectivity index (χ0) is 19.1. The highest BCUT2D eigenvalue weighted by Gasteiger charge is 2.09. The quantitative estimate of drug-likeness (QED) is 0.668. The van der Waals surface area contributed by atoms with Crippen LogP contribution < -0.4 is 15.4 Å². The maximum Gasteiger partial charge on any atom is 0.254 e. The second-order valence-corrected chi connectivity index (χ2v) is 5.54. The maximum absolute atomic E-state index is 13.1. The lowest BCUT2D eigenvalue weighted by Crippen LogP contribution is -2.36. The van der Waals surface area contributed by atoms with Crippen molar-refractivity contribution >= 4 is 11.8 Å². The number of hydrogen-bond acceptors (Lipinski definition) is 5. The van der Waals surface area contributed by atoms with Crippen molar-refractivity contribution in [2.45, 2.75) is 6.54 Å². The van der Waals surface area contributed by atoms with Gasteiger partial charge in [0.05, 0.1) is 18.4 Å². The summed E-state index contributed by atoms with van der Waals surface area (Å²) in [6.45, 7) is 0.0892. The number of nitrogens with zero attached hydrogens (tertiary/aromatic N) is 1. The van der Waals surface area contributed by atoms with Crippen molar-refractivity contribution in [2.24, 2.45) is 0 Å². The first-order valence-electron chi connectivity index (χ1n) is 8.05. The van der Waals surface area contributed by atoms with Crippen LogP contribution in [0.3, 0.4) is 0 Å². The van der Waals surface area contributed by atoms with Gasteiger partial charge in [-0.2, -0.15) is 0 Å². The summed E-state index contributed by atoms with van der Waals surface area (Å²) in [5, 5.41) is 5.15. The van der Waals surface area contributed by atoms with Crippen molar-refractivity contribution in [2.75, 3.05) is 6.54 Å². The van der Waals surface area contributed by atoms with Crippen LogP contribution in [0.15, 0.2) is 65.6 Å². The minimum Gasteiger partial charge on any atom is -0.472 e. The Morgan fingerprint density at radius 2 is 2.04 bits per heavy atom. The van der Waals surface area contributed by atoms with Crippen LogP contribution in [0.2, 0.25) is 0 Å². The van der Waals surface area contributed by atoms with Crippen LogP contribution in [0.4, 0.5) is 4.39 Å². The molecule has 0 bridgehead atoms. The molecule has 2 aromatic heterocycles. The lowest BCUT2D eigenvalue weighted by Gasteiger charge is -2.08. The molecule has 2 N–H and O–H groups in total. The smallest absolute Gasteiger partial charge is 0.254 e. The van der Waals surface area contributed by atoms with Gasteiger partial charge >= 0.3 is 0 Å². The van der Waals surface area contributed by atoms with Gasteiger partial charge in [0.25, 0.3) is 5.91 Å². The van der Waals surface area contributed by atoms with Crippen molar-refractivity contribution in [3.63, 3.8) is 0 Å². The third kappa shape index (κ3) is 5.40. The van der Waals surface area contributed by atoms with Gasteiger partial charge in [-0.15, -0.1) is 0 Å². The number of hydrogen-bond donors (Lipinski definition) is 2. The summed E-state index contributed by atoms with van der Waals surface area (Å²) in [4.78, 5) is 27.6. The Morgan fingerprint density at radius 1 is 1.15 bits per heavy atom. The van der Waals surface area contributed by atoms with Gasteiger partial charge < -0.3 is 19.8 Å². The number of carbonyl (C=O) groups excluding carboxylic acids is 2. The third-order valence-electron chi connectivity index (χ3n) is 3.50. The number of furan rings is 1. The Hall–Kier alpha value is -3.68. The summed E-state index contributed by atoms with van der Waals surface area (Å²) in [7, 11) is 0. The monoisotopic (exact) mass is 369 g/mol. The van der Waals surface area contributed by atoms with Gasteiger partial charge in [0.15, 0.2) is 0 Å². The lowest BCUT2D eigenvalue weighted by molar-refractivity contribution is -0.120. The number of aromatic nitrogens is 1. The van der Waals surface area contributed by atoms with E-state index in [1.807, 2.05) is 0 Å². The van der Waals surface area contributed by atoms with E-state index in [9.17, 15) is 14.0 Å². The fourth-order valence-electron chi connectivity index (χ4n) is 2.15. The van der Waals surface area contributed by atoms with Gasteiger partial charge in [-0.25, -0.2) is 9.37 Å². The molecule has 1 aromatic carbocycles. The molecule has 0 unspecified atom stereocenters. The number of halogens is 1. The van der Waals surface area contributed by atoms with Crippen LogP contribution in [0.5, 0.6) is 11.6 Å². The van der Waals surface area contributed by atoms with E-state index in [1.54, 1.807) is 30.5 Å². The molecule has 0 aliphatic rings. The van der Waals surface area contributed by atoms with E-state index in [0.717, 1.165) is 5.56 Å². The van der Waals surface area contributed by atoms with E-state index in [4.69, 9.17) is 9.15 Å². The van der Waals surface area contributed by atoms with Gasteiger partial charge in [-0.05, 0) is 23.8 Å². The molecule has 0 atom stereocenters. The van der Waals surface area contributed by atoms with Crippen LogP contribution in [-0.4, -0.2) is 23.3 Å². The summed E-state index contributed by atoms with van der Waals surface area (Å²) >= 11 is 0. The molecule has 0 saturated carbocycles. The highest BCUT2D eigenvalue weighted by Crippen LogP contribution is 2.19. The molecular weight excluding hydrogens is 353 g/mol. The first kappa shape index (κ1) is 18.1. The van der Waals surface area contributed by atoms with Crippen LogP contribution in [0.1, 0.15) is 15.9 Å². The zero-order valence-corrected chi connectivity index (χ0v) is 14.1. The molecule has 2 heterocycles. The molecule has 2 amide bonds. The van der Waals surface area contributed by atoms with Gasteiger partial charge in [-0.1, -0.05) is 12.1 Å². The fraction of sp³-hybridized carbons (Fsp3) is 0.105. The highest BCUT2D eigenvalue weighted by atomic mass is 19.1. The second kappa shape index (κ2) is 8.61. The Labute approximate surface area is 154 Å². The number of carbonyl (C=O) groups is 2. The molecule has 27 heavy (non-hydrogen) atoms. The molecule has 0 radical (unpaired) electrons. The zero-order valence-electron chi connectivity index (χ0n) is 14.1. The van der Waals surface area contributed by atoms with E-state index in [-0.39, 0.29) is 24.9 Å². The van der Waals surface area contributed by atoms with Crippen molar-refractivity contribution in [3.8, 4) is 11.6 Å². The Balaban J connectivity index is 1.44. The van der Waals surface area contributed by atoms with Gasteiger partial charge in [0.1, 0.15) is 17.8 Å². The summed E-state index contributed by atoms with van der Waals surface area (Å²) in [5.41, 5.74) is 1.09. The second-order valence-electron chi connectivity index (χ2n) is 5.54. The Kier molecular flexibility index (Phi) is 5.78. The highest BCUT2D eigenvalue weighted by molar-refractivity contribution is 5.96. The minimum atomic E-state index is -0.397. The van der Waals surface area contributed by atoms with Gasteiger partial charge in [-0.3, -0.25) is 9.59 Å². The SMILES string of the molecule is O=C(CNC(=O)c1ccoc1)NCc1ccc(Oc2cccc(F)c2)nc1. The predicted molar refractivity (Wildman–Crippen MR) is 93.6 cm³/mol. The number of amides is 2.